The molecule has 6 heteroatoms. The van der Waals surface area contributed by atoms with E-state index in [1.807, 2.05) is 12.1 Å². The number of halogens is 1. The average molecular weight is 388 g/mol. The van der Waals surface area contributed by atoms with Crippen LogP contribution in [0.1, 0.15) is 18.1 Å². The number of rotatable bonds is 6. The third kappa shape index (κ3) is 4.37. The van der Waals surface area contributed by atoms with Crippen molar-refractivity contribution in [3.8, 4) is 17.2 Å². The lowest BCUT2D eigenvalue weighted by atomic mass is 9.96. The summed E-state index contributed by atoms with van der Waals surface area (Å²) in [5, 5.41) is 3.91. The molecular formula is C21H22ClNO4. The Morgan fingerprint density at radius 3 is 2.48 bits per heavy atom. The number of carbonyl (C=O) groups excluding carboxylic acids is 1. The fourth-order valence-corrected chi connectivity index (χ4v) is 3.10. The van der Waals surface area contributed by atoms with Crippen molar-refractivity contribution >= 4 is 23.1 Å². The van der Waals surface area contributed by atoms with Gasteiger partial charge in [0.15, 0.2) is 23.4 Å². The summed E-state index contributed by atoms with van der Waals surface area (Å²) >= 11 is 5.87. The second-order valence-corrected chi connectivity index (χ2v) is 6.65. The number of hydrogen-bond donors (Lipinski definition) is 1. The van der Waals surface area contributed by atoms with E-state index in [2.05, 4.69) is 5.32 Å². The number of hydrogen-bond acceptors (Lipinski definition) is 5. The molecule has 3 rings (SSSR count). The summed E-state index contributed by atoms with van der Waals surface area (Å²) in [4.78, 5) is 12.6. The predicted molar refractivity (Wildman–Crippen MR) is 106 cm³/mol. The molecule has 27 heavy (non-hydrogen) atoms. The smallest absolute Gasteiger partial charge is 0.197 e. The first kappa shape index (κ1) is 19.1. The summed E-state index contributed by atoms with van der Waals surface area (Å²) in [5.41, 5.74) is 2.80. The molecule has 0 aliphatic carbocycles. The van der Waals surface area contributed by atoms with Gasteiger partial charge in [-0.15, -0.1) is 0 Å². The Morgan fingerprint density at radius 1 is 1.15 bits per heavy atom. The van der Waals surface area contributed by atoms with E-state index in [0.717, 1.165) is 29.8 Å². The van der Waals surface area contributed by atoms with Gasteiger partial charge in [-0.25, -0.2) is 0 Å². The minimum absolute atomic E-state index is 0.130. The van der Waals surface area contributed by atoms with Crippen molar-refractivity contribution in [1.82, 2.24) is 5.32 Å². The molecule has 0 unspecified atom stereocenters. The van der Waals surface area contributed by atoms with Gasteiger partial charge in [-0.2, -0.15) is 0 Å². The van der Waals surface area contributed by atoms with Gasteiger partial charge in [0.05, 0.1) is 14.2 Å². The van der Waals surface area contributed by atoms with Crippen LogP contribution in [-0.2, 0) is 11.2 Å². The summed E-state index contributed by atoms with van der Waals surface area (Å²) < 4.78 is 16.5. The minimum Gasteiger partial charge on any atom is -0.493 e. The molecule has 0 radical (unpaired) electrons. The molecule has 0 fully saturated rings. The van der Waals surface area contributed by atoms with E-state index in [4.69, 9.17) is 25.8 Å². The number of nitrogens with one attached hydrogen (secondary N) is 1. The number of ketones is 1. The monoisotopic (exact) mass is 387 g/mol. The first-order valence-electron chi connectivity index (χ1n) is 8.68. The highest BCUT2D eigenvalue weighted by Crippen LogP contribution is 2.34. The maximum atomic E-state index is 12.6. The largest absolute Gasteiger partial charge is 0.493 e. The van der Waals surface area contributed by atoms with Gasteiger partial charge >= 0.3 is 0 Å². The van der Waals surface area contributed by atoms with Gasteiger partial charge in [-0.3, -0.25) is 4.79 Å². The summed E-state index contributed by atoms with van der Waals surface area (Å²) in [7, 11) is 3.21. The quantitative estimate of drug-likeness (QED) is 0.762. The van der Waals surface area contributed by atoms with Crippen molar-refractivity contribution in [2.45, 2.75) is 19.4 Å². The fraction of sp³-hybridized carbons (Fsp3) is 0.286. The molecule has 0 aromatic heterocycles. The molecule has 2 aromatic carbocycles. The van der Waals surface area contributed by atoms with Gasteiger partial charge in [0.1, 0.15) is 5.75 Å². The van der Waals surface area contributed by atoms with E-state index in [0.29, 0.717) is 22.3 Å². The molecular weight excluding hydrogens is 366 g/mol. The second kappa shape index (κ2) is 8.35. The minimum atomic E-state index is -0.619. The van der Waals surface area contributed by atoms with E-state index in [-0.39, 0.29) is 5.78 Å². The molecule has 1 N–H and O–H groups in total. The zero-order valence-corrected chi connectivity index (χ0v) is 16.3. The highest BCUT2D eigenvalue weighted by molar-refractivity contribution is 6.30. The van der Waals surface area contributed by atoms with Crippen LogP contribution in [0.25, 0.3) is 5.70 Å². The van der Waals surface area contributed by atoms with Crippen LogP contribution >= 0.6 is 11.6 Å². The van der Waals surface area contributed by atoms with Gasteiger partial charge in [0, 0.05) is 28.9 Å². The van der Waals surface area contributed by atoms with Crippen LogP contribution in [0.4, 0.5) is 0 Å². The maximum absolute atomic E-state index is 12.6. The Morgan fingerprint density at radius 2 is 1.81 bits per heavy atom. The lowest BCUT2D eigenvalue weighted by Crippen LogP contribution is -2.27. The van der Waals surface area contributed by atoms with Crippen LogP contribution in [0.15, 0.2) is 42.5 Å². The number of benzene rings is 2. The number of carbonyl (C=O) groups is 1. The highest BCUT2D eigenvalue weighted by atomic mass is 35.5. The van der Waals surface area contributed by atoms with Crippen LogP contribution < -0.4 is 19.5 Å². The van der Waals surface area contributed by atoms with Gasteiger partial charge in [0.25, 0.3) is 0 Å². The van der Waals surface area contributed by atoms with Crippen molar-refractivity contribution in [1.29, 1.82) is 0 Å². The van der Waals surface area contributed by atoms with Crippen molar-refractivity contribution in [3.05, 3.63) is 58.6 Å². The van der Waals surface area contributed by atoms with E-state index in [1.54, 1.807) is 51.5 Å². The Balaban J connectivity index is 1.83. The van der Waals surface area contributed by atoms with Gasteiger partial charge in [0.2, 0.25) is 0 Å². The third-order valence-corrected chi connectivity index (χ3v) is 4.68. The highest BCUT2D eigenvalue weighted by Gasteiger charge is 2.20. The standard InChI is InChI=1S/C21H22ClNO4/c1-13(27-16-6-4-15(22)5-7-16)19(24)12-18-17-11-21(26-3)20(25-2)10-14(17)8-9-23-18/h4-7,10-13,23H,8-9H2,1-3H3/b18-12-/t13-/m0/s1. The van der Waals surface area contributed by atoms with Crippen LogP contribution in [0.3, 0.4) is 0 Å². The Kier molecular flexibility index (Phi) is 5.91. The van der Waals surface area contributed by atoms with Crippen LogP contribution in [0.2, 0.25) is 5.02 Å². The Hall–Kier alpha value is -2.66. The summed E-state index contributed by atoms with van der Waals surface area (Å²) in [6, 6.07) is 10.8. The van der Waals surface area contributed by atoms with Crippen molar-refractivity contribution in [2.24, 2.45) is 0 Å². The number of fused-ring (bicyclic) bond motifs is 1. The van der Waals surface area contributed by atoms with E-state index >= 15 is 0 Å². The molecule has 1 heterocycles. The molecule has 0 spiro atoms. The lowest BCUT2D eigenvalue weighted by Gasteiger charge is -2.23. The molecule has 5 nitrogen and oxygen atoms in total. The maximum Gasteiger partial charge on any atom is 0.197 e. The lowest BCUT2D eigenvalue weighted by molar-refractivity contribution is -0.120. The second-order valence-electron chi connectivity index (χ2n) is 6.22. The molecule has 0 amide bonds. The molecule has 1 aliphatic heterocycles. The number of ether oxygens (including phenoxy) is 3. The van der Waals surface area contributed by atoms with Gasteiger partial charge in [-0.1, -0.05) is 11.6 Å². The van der Waals surface area contributed by atoms with E-state index in [1.165, 1.54) is 0 Å². The van der Waals surface area contributed by atoms with E-state index < -0.39 is 6.10 Å². The molecule has 142 valence electrons. The SMILES string of the molecule is COc1cc2c(cc1OC)/C(=C/C(=O)[C@H](C)Oc1ccc(Cl)cc1)NCC2. The fourth-order valence-electron chi connectivity index (χ4n) is 2.97. The molecule has 1 atom stereocenters. The molecule has 1 aliphatic rings. The molecule has 0 bridgehead atoms. The number of methoxy groups -OCH3 is 2. The average Bonchev–Trinajstić information content (AvgIpc) is 2.68. The zero-order chi connectivity index (χ0) is 19.4. The predicted octanol–water partition coefficient (Wildman–Crippen LogP) is 3.88. The first-order valence-corrected chi connectivity index (χ1v) is 9.06. The van der Waals surface area contributed by atoms with Crippen LogP contribution in [0.5, 0.6) is 17.2 Å². The van der Waals surface area contributed by atoms with Crippen molar-refractivity contribution in [2.75, 3.05) is 20.8 Å². The Labute approximate surface area is 163 Å². The van der Waals surface area contributed by atoms with Gasteiger partial charge in [-0.05, 0) is 55.3 Å². The van der Waals surface area contributed by atoms with Crippen LogP contribution in [-0.4, -0.2) is 32.7 Å². The topological polar surface area (TPSA) is 56.8 Å². The van der Waals surface area contributed by atoms with E-state index in [9.17, 15) is 4.79 Å². The Bertz CT molecular complexity index is 861. The molecule has 0 saturated heterocycles. The summed E-state index contributed by atoms with van der Waals surface area (Å²) in [6.45, 7) is 2.47. The van der Waals surface area contributed by atoms with Crippen molar-refractivity contribution in [3.63, 3.8) is 0 Å². The van der Waals surface area contributed by atoms with Gasteiger partial charge < -0.3 is 19.5 Å². The summed E-state index contributed by atoms with van der Waals surface area (Å²) in [6.07, 6.45) is 1.81. The summed E-state index contributed by atoms with van der Waals surface area (Å²) in [5.74, 6) is 1.78. The zero-order valence-electron chi connectivity index (χ0n) is 15.5. The van der Waals surface area contributed by atoms with Crippen molar-refractivity contribution < 1.29 is 19.0 Å². The first-order chi connectivity index (χ1) is 13.0. The molecule has 0 saturated carbocycles. The molecule has 2 aromatic rings. The third-order valence-electron chi connectivity index (χ3n) is 4.42. The normalized spacial score (nSPS) is 15.5. The van der Waals surface area contributed by atoms with Crippen LogP contribution in [0, 0.1) is 0 Å².